The van der Waals surface area contributed by atoms with Crippen molar-refractivity contribution < 1.29 is 37.4 Å². The molecule has 0 aliphatic heterocycles. The number of ether oxygens (including phenoxy) is 1. The number of halogens is 3. The Morgan fingerprint density at radius 1 is 1.19 bits per heavy atom. The van der Waals surface area contributed by atoms with E-state index >= 15 is 0 Å². The van der Waals surface area contributed by atoms with E-state index in [4.69, 9.17) is 9.84 Å². The molecule has 0 unspecified atom stereocenters. The summed E-state index contributed by atoms with van der Waals surface area (Å²) in [6.07, 6.45) is -4.30. The van der Waals surface area contributed by atoms with Gasteiger partial charge in [-0.2, -0.15) is 13.2 Å². The van der Waals surface area contributed by atoms with Crippen molar-refractivity contribution in [3.63, 3.8) is 0 Å². The quantitative estimate of drug-likeness (QED) is 0.597. The highest BCUT2D eigenvalue weighted by Crippen LogP contribution is 2.31. The van der Waals surface area contributed by atoms with Crippen molar-refractivity contribution >= 4 is 17.8 Å². The number of carbonyl (C=O) groups is 3. The first-order valence-corrected chi connectivity index (χ1v) is 8.08. The van der Waals surface area contributed by atoms with Gasteiger partial charge in [-0.25, -0.2) is 4.79 Å². The van der Waals surface area contributed by atoms with Crippen LogP contribution in [-0.4, -0.2) is 42.1 Å². The number of carboxylic acids is 1. The summed E-state index contributed by atoms with van der Waals surface area (Å²) < 4.78 is 42.8. The minimum atomic E-state index is -4.53. The first-order chi connectivity index (χ1) is 12.5. The Bertz CT molecular complexity index is 677. The summed E-state index contributed by atoms with van der Waals surface area (Å²) in [6, 6.07) is 2.95. The summed E-state index contributed by atoms with van der Waals surface area (Å²) >= 11 is 0. The molecule has 0 aromatic heterocycles. The molecule has 0 heterocycles. The number of carboxylic acid groups (broad SMARTS) is 1. The molecule has 0 aliphatic rings. The van der Waals surface area contributed by atoms with Gasteiger partial charge in [0.05, 0.1) is 12.1 Å². The van der Waals surface area contributed by atoms with Gasteiger partial charge in [-0.3, -0.25) is 9.59 Å². The molecule has 150 valence electrons. The fourth-order valence-corrected chi connectivity index (χ4v) is 2.08. The lowest BCUT2D eigenvalue weighted by molar-refractivity contribution is -0.142. The predicted octanol–water partition coefficient (Wildman–Crippen LogP) is 1.82. The average Bonchev–Trinajstić information content (AvgIpc) is 2.56. The van der Waals surface area contributed by atoms with Gasteiger partial charge in [-0.15, -0.1) is 0 Å². The highest BCUT2D eigenvalue weighted by molar-refractivity contribution is 5.88. The molecule has 0 fully saturated rings. The van der Waals surface area contributed by atoms with Gasteiger partial charge in [-0.05, 0) is 30.5 Å². The van der Waals surface area contributed by atoms with E-state index in [0.717, 1.165) is 18.2 Å². The first-order valence-electron chi connectivity index (χ1n) is 8.08. The van der Waals surface area contributed by atoms with E-state index in [-0.39, 0.29) is 18.1 Å². The Balaban J connectivity index is 2.45. The topological polar surface area (TPSA) is 105 Å². The summed E-state index contributed by atoms with van der Waals surface area (Å²) in [5.41, 5.74) is -0.912. The molecule has 0 radical (unpaired) electrons. The fraction of sp³-hybridized carbons (Fsp3) is 0.471. The lowest BCUT2D eigenvalue weighted by Gasteiger charge is -2.16. The minimum absolute atomic E-state index is 0.0434. The number of carbonyl (C=O) groups excluding carboxylic acids is 2. The second-order valence-electron chi connectivity index (χ2n) is 6.18. The zero-order chi connectivity index (χ0) is 20.6. The third-order valence-electron chi connectivity index (χ3n) is 3.32. The molecule has 2 amide bonds. The standard InChI is InChI=1S/C17H21F3N2O5/c1-10(2)6-13(16(25)26)22-14(23)8-21-15(24)9-27-12-5-3-4-11(7-12)17(18,19)20/h3-5,7,10,13H,6,8-9H2,1-2H3,(H,21,24)(H,22,23)(H,25,26)/t13-/m0/s1. The smallest absolute Gasteiger partial charge is 0.416 e. The maximum atomic E-state index is 12.6. The van der Waals surface area contributed by atoms with Crippen LogP contribution in [0.4, 0.5) is 13.2 Å². The summed E-state index contributed by atoms with van der Waals surface area (Å²) in [5, 5.41) is 13.5. The largest absolute Gasteiger partial charge is 0.484 e. The molecule has 1 aromatic rings. The van der Waals surface area contributed by atoms with E-state index in [1.165, 1.54) is 6.07 Å². The number of alkyl halides is 3. The second-order valence-corrected chi connectivity index (χ2v) is 6.18. The molecule has 3 N–H and O–H groups in total. The molecule has 7 nitrogen and oxygen atoms in total. The average molecular weight is 390 g/mol. The number of aliphatic carboxylic acids is 1. The second kappa shape index (κ2) is 9.79. The van der Waals surface area contributed by atoms with Crippen LogP contribution < -0.4 is 15.4 Å². The summed E-state index contributed by atoms with van der Waals surface area (Å²) in [6.45, 7) is 2.53. The van der Waals surface area contributed by atoms with Gasteiger partial charge < -0.3 is 20.5 Å². The number of hydrogen-bond acceptors (Lipinski definition) is 4. The van der Waals surface area contributed by atoms with Crippen LogP contribution in [-0.2, 0) is 20.6 Å². The number of rotatable bonds is 9. The molecule has 1 atom stereocenters. The molecule has 27 heavy (non-hydrogen) atoms. The van der Waals surface area contributed by atoms with Crippen molar-refractivity contribution in [2.75, 3.05) is 13.2 Å². The Hall–Kier alpha value is -2.78. The van der Waals surface area contributed by atoms with Crippen molar-refractivity contribution in [1.82, 2.24) is 10.6 Å². The number of amides is 2. The van der Waals surface area contributed by atoms with Gasteiger partial charge in [0, 0.05) is 0 Å². The van der Waals surface area contributed by atoms with Gasteiger partial charge in [0.2, 0.25) is 5.91 Å². The summed E-state index contributed by atoms with van der Waals surface area (Å²) in [7, 11) is 0. The predicted molar refractivity (Wildman–Crippen MR) is 89.0 cm³/mol. The Morgan fingerprint density at radius 2 is 1.85 bits per heavy atom. The summed E-state index contributed by atoms with van der Waals surface area (Å²) in [5.74, 6) is -2.72. The van der Waals surface area contributed by atoms with Crippen molar-refractivity contribution in [2.45, 2.75) is 32.5 Å². The Kier molecular flexibility index (Phi) is 8.07. The van der Waals surface area contributed by atoms with Crippen LogP contribution in [0.15, 0.2) is 24.3 Å². The van der Waals surface area contributed by atoms with E-state index in [0.29, 0.717) is 0 Å². The van der Waals surface area contributed by atoms with Crippen LogP contribution in [0, 0.1) is 5.92 Å². The van der Waals surface area contributed by atoms with Crippen LogP contribution >= 0.6 is 0 Å². The lowest BCUT2D eigenvalue weighted by Crippen LogP contribution is -2.46. The highest BCUT2D eigenvalue weighted by Gasteiger charge is 2.30. The minimum Gasteiger partial charge on any atom is -0.484 e. The molecule has 1 aromatic carbocycles. The molecule has 1 rings (SSSR count). The molecular weight excluding hydrogens is 369 g/mol. The third kappa shape index (κ3) is 8.43. The van der Waals surface area contributed by atoms with Gasteiger partial charge in [0.25, 0.3) is 5.91 Å². The molecule has 10 heteroatoms. The third-order valence-corrected chi connectivity index (χ3v) is 3.32. The zero-order valence-corrected chi connectivity index (χ0v) is 14.8. The monoisotopic (exact) mass is 390 g/mol. The zero-order valence-electron chi connectivity index (χ0n) is 14.8. The van der Waals surface area contributed by atoms with Crippen LogP contribution in [0.3, 0.4) is 0 Å². The van der Waals surface area contributed by atoms with Crippen LogP contribution in [0.5, 0.6) is 5.75 Å². The van der Waals surface area contributed by atoms with E-state index in [9.17, 15) is 27.6 Å². The molecule has 0 saturated carbocycles. The van der Waals surface area contributed by atoms with Crippen molar-refractivity contribution in [3.8, 4) is 5.75 Å². The molecule has 0 bridgehead atoms. The van der Waals surface area contributed by atoms with E-state index in [1.54, 1.807) is 13.8 Å². The first kappa shape index (κ1) is 22.3. The number of benzene rings is 1. The van der Waals surface area contributed by atoms with Crippen LogP contribution in [0.1, 0.15) is 25.8 Å². The van der Waals surface area contributed by atoms with E-state index in [1.807, 2.05) is 0 Å². The fourth-order valence-electron chi connectivity index (χ4n) is 2.08. The lowest BCUT2D eigenvalue weighted by atomic mass is 10.0. The SMILES string of the molecule is CC(C)C[C@H](NC(=O)CNC(=O)COc1cccc(C(F)(F)F)c1)C(=O)O. The van der Waals surface area contributed by atoms with Crippen molar-refractivity contribution in [2.24, 2.45) is 5.92 Å². The Morgan fingerprint density at radius 3 is 2.41 bits per heavy atom. The molecule has 0 aliphatic carbocycles. The van der Waals surface area contributed by atoms with Crippen molar-refractivity contribution in [3.05, 3.63) is 29.8 Å². The van der Waals surface area contributed by atoms with Crippen LogP contribution in [0.2, 0.25) is 0 Å². The van der Waals surface area contributed by atoms with Gasteiger partial charge in [0.1, 0.15) is 11.8 Å². The molecular formula is C17H21F3N2O5. The van der Waals surface area contributed by atoms with Crippen molar-refractivity contribution in [1.29, 1.82) is 0 Å². The molecule has 0 spiro atoms. The molecule has 0 saturated heterocycles. The van der Waals surface area contributed by atoms with E-state index in [2.05, 4.69) is 10.6 Å². The van der Waals surface area contributed by atoms with Gasteiger partial charge >= 0.3 is 12.1 Å². The maximum absolute atomic E-state index is 12.6. The van der Waals surface area contributed by atoms with Crippen LogP contribution in [0.25, 0.3) is 0 Å². The number of nitrogens with one attached hydrogen (secondary N) is 2. The highest BCUT2D eigenvalue weighted by atomic mass is 19.4. The maximum Gasteiger partial charge on any atom is 0.416 e. The Labute approximate surface area is 153 Å². The van der Waals surface area contributed by atoms with Gasteiger partial charge in [-0.1, -0.05) is 19.9 Å². The summed E-state index contributed by atoms with van der Waals surface area (Å²) in [4.78, 5) is 34.4. The van der Waals surface area contributed by atoms with E-state index < -0.39 is 48.7 Å². The van der Waals surface area contributed by atoms with Gasteiger partial charge in [0.15, 0.2) is 6.61 Å². The number of hydrogen-bond donors (Lipinski definition) is 3. The normalized spacial score (nSPS) is 12.4.